The average Bonchev–Trinajstić information content (AvgIpc) is 3.39. The summed E-state index contributed by atoms with van der Waals surface area (Å²) in [7, 11) is 0. The first-order valence-corrected chi connectivity index (χ1v) is 11.0. The number of carbonyl (C=O) groups excluding carboxylic acids is 2. The van der Waals surface area contributed by atoms with E-state index in [0.29, 0.717) is 35.2 Å². The summed E-state index contributed by atoms with van der Waals surface area (Å²) in [6.45, 7) is 3.72. The van der Waals surface area contributed by atoms with Gasteiger partial charge in [0.2, 0.25) is 5.82 Å². The van der Waals surface area contributed by atoms with E-state index in [0.717, 1.165) is 37.9 Å². The molecular weight excluding hydrogens is 424 g/mol. The highest BCUT2D eigenvalue weighted by atomic mass is 16.5. The van der Waals surface area contributed by atoms with E-state index in [1.807, 2.05) is 17.9 Å². The van der Waals surface area contributed by atoms with E-state index >= 15 is 0 Å². The molecule has 0 bridgehead atoms. The molecule has 1 fully saturated rings. The Labute approximate surface area is 191 Å². The van der Waals surface area contributed by atoms with E-state index in [-0.39, 0.29) is 18.4 Å². The van der Waals surface area contributed by atoms with Gasteiger partial charge in [-0.1, -0.05) is 12.1 Å². The van der Waals surface area contributed by atoms with Crippen LogP contribution < -0.4 is 14.8 Å². The van der Waals surface area contributed by atoms with Crippen molar-refractivity contribution in [2.45, 2.75) is 26.2 Å². The number of amides is 2. The summed E-state index contributed by atoms with van der Waals surface area (Å²) < 4.78 is 11.4. The minimum Gasteiger partial charge on any atom is -0.490 e. The molecule has 2 aromatic carbocycles. The average molecular weight is 450 g/mol. The lowest BCUT2D eigenvalue weighted by molar-refractivity contribution is -0.134. The highest BCUT2D eigenvalue weighted by Gasteiger charge is 2.18. The van der Waals surface area contributed by atoms with Gasteiger partial charge in [0.1, 0.15) is 0 Å². The number of benzene rings is 2. The number of nitrogens with zero attached hydrogens (tertiary/aromatic N) is 4. The number of ether oxygens (including phenoxy) is 2. The molecule has 1 aliphatic heterocycles. The van der Waals surface area contributed by atoms with Gasteiger partial charge in [-0.25, -0.2) is 0 Å². The largest absolute Gasteiger partial charge is 0.490 e. The van der Waals surface area contributed by atoms with Crippen molar-refractivity contribution in [1.29, 1.82) is 0 Å². The summed E-state index contributed by atoms with van der Waals surface area (Å²) in [5, 5.41) is 16.7. The topological polar surface area (TPSA) is 122 Å². The van der Waals surface area contributed by atoms with Crippen molar-refractivity contribution in [3.8, 4) is 22.9 Å². The zero-order chi connectivity index (χ0) is 23.0. The molecule has 0 unspecified atom stereocenters. The Morgan fingerprint density at radius 1 is 1.06 bits per heavy atom. The van der Waals surface area contributed by atoms with Crippen LogP contribution in [0.3, 0.4) is 0 Å². The molecule has 1 saturated heterocycles. The van der Waals surface area contributed by atoms with Crippen LogP contribution in [0.4, 0.5) is 5.69 Å². The van der Waals surface area contributed by atoms with Crippen LogP contribution in [0.1, 0.15) is 36.5 Å². The van der Waals surface area contributed by atoms with Crippen molar-refractivity contribution in [2.75, 3.05) is 31.6 Å². The Morgan fingerprint density at radius 3 is 2.67 bits per heavy atom. The fourth-order valence-electron chi connectivity index (χ4n) is 3.63. The zero-order valence-corrected chi connectivity index (χ0v) is 18.4. The molecular formula is C23H26N6O4. The Hall–Kier alpha value is -3.95. The number of hydrogen-bond donors (Lipinski definition) is 2. The summed E-state index contributed by atoms with van der Waals surface area (Å²) in [4.78, 5) is 27.1. The standard InChI is InChI=1S/C23H26N6O4/c1-2-32-20-14-17(9-10-19(20)33-15-21(30)29-11-4-3-5-12-29)23(31)24-18-8-6-7-16(13-18)22-25-27-28-26-22/h6-10,13-14H,2-5,11-12,15H2,1H3,(H,24,31)(H,25,26,27,28). The van der Waals surface area contributed by atoms with Crippen LogP contribution in [0, 0.1) is 0 Å². The molecule has 4 rings (SSSR count). The second-order valence-electron chi connectivity index (χ2n) is 7.59. The Morgan fingerprint density at radius 2 is 1.91 bits per heavy atom. The van der Waals surface area contributed by atoms with Gasteiger partial charge >= 0.3 is 0 Å². The van der Waals surface area contributed by atoms with Gasteiger partial charge in [0, 0.05) is 29.9 Å². The molecule has 172 valence electrons. The monoisotopic (exact) mass is 450 g/mol. The van der Waals surface area contributed by atoms with Gasteiger partial charge in [-0.2, -0.15) is 5.21 Å². The molecule has 0 spiro atoms. The highest BCUT2D eigenvalue weighted by Crippen LogP contribution is 2.29. The lowest BCUT2D eigenvalue weighted by atomic mass is 10.1. The van der Waals surface area contributed by atoms with Gasteiger partial charge in [-0.3, -0.25) is 9.59 Å². The van der Waals surface area contributed by atoms with E-state index in [9.17, 15) is 9.59 Å². The number of tetrazole rings is 1. The number of rotatable bonds is 8. The molecule has 2 amide bonds. The second kappa shape index (κ2) is 10.6. The maximum Gasteiger partial charge on any atom is 0.260 e. The quantitative estimate of drug-likeness (QED) is 0.541. The fourth-order valence-corrected chi connectivity index (χ4v) is 3.63. The lowest BCUT2D eigenvalue weighted by Gasteiger charge is -2.26. The summed E-state index contributed by atoms with van der Waals surface area (Å²) in [6.07, 6.45) is 3.21. The molecule has 2 N–H and O–H groups in total. The molecule has 0 saturated carbocycles. The van der Waals surface area contributed by atoms with Crippen molar-refractivity contribution in [3.05, 3.63) is 48.0 Å². The smallest absolute Gasteiger partial charge is 0.260 e. The SMILES string of the molecule is CCOc1cc(C(=O)Nc2cccc(-c3nn[nH]n3)c2)ccc1OCC(=O)N1CCCCC1. The van der Waals surface area contributed by atoms with Crippen LogP contribution in [-0.2, 0) is 4.79 Å². The molecule has 0 atom stereocenters. The molecule has 2 heterocycles. The first-order valence-electron chi connectivity index (χ1n) is 11.0. The molecule has 10 heteroatoms. The number of aromatic amines is 1. The number of anilines is 1. The van der Waals surface area contributed by atoms with Crippen LogP contribution in [0.2, 0.25) is 0 Å². The summed E-state index contributed by atoms with van der Waals surface area (Å²) in [6, 6.07) is 12.1. The number of piperidine rings is 1. The third kappa shape index (κ3) is 5.65. The predicted octanol–water partition coefficient (Wildman–Crippen LogP) is 2.91. The first-order chi connectivity index (χ1) is 16.1. The number of nitrogens with one attached hydrogen (secondary N) is 2. The van der Waals surface area contributed by atoms with Crippen molar-refractivity contribution >= 4 is 17.5 Å². The van der Waals surface area contributed by atoms with Gasteiger partial charge in [0.25, 0.3) is 11.8 Å². The van der Waals surface area contributed by atoms with E-state index in [1.165, 1.54) is 0 Å². The van der Waals surface area contributed by atoms with Crippen molar-refractivity contribution in [2.24, 2.45) is 0 Å². The van der Waals surface area contributed by atoms with E-state index < -0.39 is 0 Å². The number of aromatic nitrogens is 4. The van der Waals surface area contributed by atoms with Gasteiger partial charge in [0.05, 0.1) is 6.61 Å². The number of carbonyl (C=O) groups is 2. The Balaban J connectivity index is 1.43. The van der Waals surface area contributed by atoms with E-state index in [4.69, 9.17) is 9.47 Å². The lowest BCUT2D eigenvalue weighted by Crippen LogP contribution is -2.38. The minimum atomic E-state index is -0.308. The predicted molar refractivity (Wildman–Crippen MR) is 121 cm³/mol. The van der Waals surface area contributed by atoms with Gasteiger partial charge < -0.3 is 19.7 Å². The fraction of sp³-hybridized carbons (Fsp3) is 0.348. The van der Waals surface area contributed by atoms with Crippen LogP contribution in [-0.4, -0.2) is 63.6 Å². The summed E-state index contributed by atoms with van der Waals surface area (Å²) in [5.41, 5.74) is 1.71. The third-order valence-corrected chi connectivity index (χ3v) is 5.29. The number of H-pyrrole nitrogens is 1. The maximum atomic E-state index is 12.8. The van der Waals surface area contributed by atoms with Crippen molar-refractivity contribution in [3.63, 3.8) is 0 Å². The molecule has 33 heavy (non-hydrogen) atoms. The van der Waals surface area contributed by atoms with Gasteiger partial charge in [0.15, 0.2) is 18.1 Å². The van der Waals surface area contributed by atoms with E-state index in [1.54, 1.807) is 36.4 Å². The zero-order valence-electron chi connectivity index (χ0n) is 18.4. The van der Waals surface area contributed by atoms with Crippen molar-refractivity contribution in [1.82, 2.24) is 25.5 Å². The number of hydrogen-bond acceptors (Lipinski definition) is 7. The Kier molecular flexibility index (Phi) is 7.13. The number of likely N-dealkylation sites (tertiary alicyclic amines) is 1. The maximum absolute atomic E-state index is 12.8. The van der Waals surface area contributed by atoms with Crippen LogP contribution in [0.5, 0.6) is 11.5 Å². The Bertz CT molecular complexity index is 1100. The molecule has 0 radical (unpaired) electrons. The summed E-state index contributed by atoms with van der Waals surface area (Å²) >= 11 is 0. The van der Waals surface area contributed by atoms with Gasteiger partial charge in [-0.05, 0) is 61.7 Å². The van der Waals surface area contributed by atoms with Crippen LogP contribution >= 0.6 is 0 Å². The normalized spacial score (nSPS) is 13.4. The van der Waals surface area contributed by atoms with Crippen molar-refractivity contribution < 1.29 is 19.1 Å². The molecule has 3 aromatic rings. The van der Waals surface area contributed by atoms with Crippen LogP contribution in [0.25, 0.3) is 11.4 Å². The minimum absolute atomic E-state index is 0.0412. The molecule has 1 aliphatic rings. The second-order valence-corrected chi connectivity index (χ2v) is 7.59. The van der Waals surface area contributed by atoms with Gasteiger partial charge in [-0.15, -0.1) is 10.2 Å². The molecule has 10 nitrogen and oxygen atoms in total. The summed E-state index contributed by atoms with van der Waals surface area (Å²) in [5.74, 6) is 0.929. The highest BCUT2D eigenvalue weighted by molar-refractivity contribution is 6.04. The van der Waals surface area contributed by atoms with E-state index in [2.05, 4.69) is 25.9 Å². The third-order valence-electron chi connectivity index (χ3n) is 5.29. The molecule has 1 aromatic heterocycles. The first kappa shape index (κ1) is 22.3. The van der Waals surface area contributed by atoms with Crippen LogP contribution in [0.15, 0.2) is 42.5 Å². The molecule has 0 aliphatic carbocycles.